The highest BCUT2D eigenvalue weighted by atomic mass is 32.1. The third kappa shape index (κ3) is 7.59. The first-order valence-corrected chi connectivity index (χ1v) is 16.5. The summed E-state index contributed by atoms with van der Waals surface area (Å²) in [5, 5.41) is 16.4. The molecule has 0 aromatic carbocycles. The molecule has 3 aliphatic heterocycles. The predicted octanol–water partition coefficient (Wildman–Crippen LogP) is 3.29. The van der Waals surface area contributed by atoms with Gasteiger partial charge in [0.2, 0.25) is 11.8 Å². The lowest BCUT2D eigenvalue weighted by Gasteiger charge is -2.30. The number of thiazole rings is 1. The molecule has 0 radical (unpaired) electrons. The lowest BCUT2D eigenvalue weighted by molar-refractivity contribution is -0.145. The first kappa shape index (κ1) is 32.7. The van der Waals surface area contributed by atoms with Crippen LogP contribution in [0.3, 0.4) is 0 Å². The maximum Gasteiger partial charge on any atom is 0.410 e. The number of hydrogen-bond acceptors (Lipinski definition) is 9. The summed E-state index contributed by atoms with van der Waals surface area (Å²) in [4.78, 5) is 74.6. The van der Waals surface area contributed by atoms with Crippen molar-refractivity contribution in [3.05, 3.63) is 27.7 Å². The number of hydrogen-bond donors (Lipinski definition) is 3. The zero-order valence-corrected chi connectivity index (χ0v) is 27.1. The minimum atomic E-state index is -1.45. The van der Waals surface area contributed by atoms with Crippen LogP contribution in [0.1, 0.15) is 81.3 Å². The molecule has 0 unspecified atom stereocenters. The van der Waals surface area contributed by atoms with E-state index in [1.54, 1.807) is 25.7 Å². The van der Waals surface area contributed by atoms with Crippen molar-refractivity contribution < 1.29 is 38.6 Å². The van der Waals surface area contributed by atoms with Gasteiger partial charge < -0.3 is 35.0 Å². The number of carbonyl (C=O) groups is 5. The van der Waals surface area contributed by atoms with E-state index in [0.29, 0.717) is 32.4 Å². The number of aromatic nitrogens is 1. The van der Waals surface area contributed by atoms with Crippen LogP contribution in [0.2, 0.25) is 0 Å². The molecule has 5 rings (SSSR count). The highest BCUT2D eigenvalue weighted by Crippen LogP contribution is 2.45. The van der Waals surface area contributed by atoms with E-state index in [1.165, 1.54) is 16.2 Å². The van der Waals surface area contributed by atoms with Gasteiger partial charge in [-0.2, -0.15) is 0 Å². The van der Waals surface area contributed by atoms with Crippen molar-refractivity contribution in [1.82, 2.24) is 25.4 Å². The number of nitrogens with one attached hydrogen (secondary N) is 2. The molecule has 1 aromatic rings. The summed E-state index contributed by atoms with van der Waals surface area (Å²) in [7, 11) is 0. The van der Waals surface area contributed by atoms with Gasteiger partial charge in [-0.25, -0.2) is 19.4 Å². The number of carboxylic acids is 1. The van der Waals surface area contributed by atoms with Crippen molar-refractivity contribution in [2.75, 3.05) is 13.1 Å². The molecule has 13 nitrogen and oxygen atoms in total. The van der Waals surface area contributed by atoms with E-state index >= 15 is 0 Å². The number of carbonyl (C=O) groups excluding carboxylic acids is 4. The van der Waals surface area contributed by atoms with Gasteiger partial charge in [0.25, 0.3) is 0 Å². The number of ether oxygens (including phenoxy) is 2. The molecule has 3 N–H and O–H groups in total. The van der Waals surface area contributed by atoms with Crippen LogP contribution in [0.15, 0.2) is 12.2 Å². The van der Waals surface area contributed by atoms with E-state index in [2.05, 4.69) is 15.6 Å². The fourth-order valence-electron chi connectivity index (χ4n) is 6.29. The zero-order valence-electron chi connectivity index (χ0n) is 26.3. The molecule has 0 spiro atoms. The lowest BCUT2D eigenvalue weighted by atomic mass is 10.0. The van der Waals surface area contributed by atoms with Gasteiger partial charge >= 0.3 is 18.2 Å². The number of alkyl carbamates (subject to hydrolysis) is 1. The fourth-order valence-corrected chi connectivity index (χ4v) is 7.29. The Balaban J connectivity index is 1.36. The van der Waals surface area contributed by atoms with Crippen LogP contribution in [-0.2, 0) is 36.8 Å². The quantitative estimate of drug-likeness (QED) is 0.418. The lowest BCUT2D eigenvalue weighted by Crippen LogP contribution is -2.56. The summed E-state index contributed by atoms with van der Waals surface area (Å²) < 4.78 is 11.3. The number of fused-ring (bicyclic) bond motifs is 3. The Morgan fingerprint density at radius 2 is 1.98 bits per heavy atom. The molecule has 1 saturated heterocycles. The maximum absolute atomic E-state index is 14.1. The van der Waals surface area contributed by atoms with Crippen LogP contribution < -0.4 is 10.6 Å². The van der Waals surface area contributed by atoms with Crippen molar-refractivity contribution in [1.29, 1.82) is 0 Å². The van der Waals surface area contributed by atoms with Crippen molar-refractivity contribution in [3.8, 4) is 0 Å². The molecule has 4 aliphatic rings. The minimum Gasteiger partial charge on any atom is -0.479 e. The summed E-state index contributed by atoms with van der Waals surface area (Å²) in [6, 6.07) is -2.08. The molecule has 14 heteroatoms. The topological polar surface area (TPSA) is 167 Å². The van der Waals surface area contributed by atoms with Gasteiger partial charge in [-0.05, 0) is 53.4 Å². The van der Waals surface area contributed by atoms with Gasteiger partial charge in [0, 0.05) is 30.2 Å². The molecule has 0 bridgehead atoms. The number of carboxylic acid groups (broad SMARTS) is 1. The van der Waals surface area contributed by atoms with Gasteiger partial charge in [-0.3, -0.25) is 9.59 Å². The van der Waals surface area contributed by atoms with Crippen LogP contribution in [0.4, 0.5) is 9.59 Å². The van der Waals surface area contributed by atoms with Gasteiger partial charge in [0.05, 0.1) is 23.8 Å². The van der Waals surface area contributed by atoms with E-state index in [0.717, 1.165) is 34.8 Å². The third-order valence-corrected chi connectivity index (χ3v) is 9.67. The number of aliphatic carboxylic acids is 1. The molecule has 5 atom stereocenters. The second-order valence-corrected chi connectivity index (χ2v) is 14.7. The first-order chi connectivity index (χ1) is 21.3. The SMILES string of the molecule is Cc1nc2c(s1)CN(C(=O)O[C@@H]1C[C@H]3C(=O)N[C@]4(C(=O)O)C[C@@H]4/C=C\CCCCC[C@H](NC(=O)OC(C)(C)C)C(=O)N3C1)CC2. The Hall–Kier alpha value is -3.68. The van der Waals surface area contributed by atoms with E-state index in [1.807, 2.05) is 19.1 Å². The van der Waals surface area contributed by atoms with Gasteiger partial charge in [-0.1, -0.05) is 25.0 Å². The Labute approximate surface area is 266 Å². The molecule has 4 amide bonds. The number of nitrogens with zero attached hydrogens (tertiary/aromatic N) is 3. The molecule has 1 saturated carbocycles. The zero-order chi connectivity index (χ0) is 32.5. The van der Waals surface area contributed by atoms with Crippen LogP contribution in [-0.4, -0.2) is 92.3 Å². The number of allylic oxidation sites excluding steroid dienone is 1. The Morgan fingerprint density at radius 3 is 2.71 bits per heavy atom. The molecular formula is C31H43N5O8S. The van der Waals surface area contributed by atoms with Crippen LogP contribution in [0.25, 0.3) is 0 Å². The second kappa shape index (κ2) is 13.0. The summed E-state index contributed by atoms with van der Waals surface area (Å²) in [5.41, 5.74) is -1.25. The first-order valence-electron chi connectivity index (χ1n) is 15.7. The Morgan fingerprint density at radius 1 is 1.20 bits per heavy atom. The Bertz CT molecular complexity index is 1370. The molecule has 1 aliphatic carbocycles. The van der Waals surface area contributed by atoms with E-state index < -0.39 is 59.3 Å². The molecule has 4 heterocycles. The largest absolute Gasteiger partial charge is 0.479 e. The van der Waals surface area contributed by atoms with Crippen molar-refractivity contribution in [2.45, 2.75) is 115 Å². The van der Waals surface area contributed by atoms with Gasteiger partial charge in [-0.15, -0.1) is 11.3 Å². The minimum absolute atomic E-state index is 0.00255. The Kier molecular flexibility index (Phi) is 9.43. The van der Waals surface area contributed by atoms with Crippen molar-refractivity contribution in [2.24, 2.45) is 5.92 Å². The molecule has 2 fully saturated rings. The summed E-state index contributed by atoms with van der Waals surface area (Å²) in [5.74, 6) is -2.63. The predicted molar refractivity (Wildman–Crippen MR) is 163 cm³/mol. The average Bonchev–Trinajstić information content (AvgIpc) is 3.28. The van der Waals surface area contributed by atoms with Crippen molar-refractivity contribution in [3.63, 3.8) is 0 Å². The standard InChI is InChI=1S/C31H43N5O8S/c1-18-32-21-12-13-35(17-24(21)45-18)29(42)43-20-14-23-25(37)34-31(27(39)40)15-19(31)10-8-6-5-7-9-11-22(26(38)36(23)16-20)33-28(41)44-30(2,3)4/h8,10,19-20,22-23H,5-7,9,11-17H2,1-4H3,(H,33,41)(H,34,37)(H,39,40)/b10-8-/t19-,20+,22-,23-,31+/m0/s1. The summed E-state index contributed by atoms with van der Waals surface area (Å²) >= 11 is 1.54. The van der Waals surface area contributed by atoms with Crippen molar-refractivity contribution >= 4 is 41.3 Å². The fraction of sp³-hybridized carbons (Fsp3) is 0.677. The molecule has 246 valence electrons. The number of aryl methyl sites for hydroxylation is 1. The maximum atomic E-state index is 14.1. The van der Waals surface area contributed by atoms with E-state index in [4.69, 9.17) is 9.47 Å². The molecular weight excluding hydrogens is 602 g/mol. The summed E-state index contributed by atoms with van der Waals surface area (Å²) in [6.45, 7) is 7.83. The second-order valence-electron chi connectivity index (χ2n) is 13.4. The summed E-state index contributed by atoms with van der Waals surface area (Å²) in [6.07, 6.45) is 5.85. The highest BCUT2D eigenvalue weighted by molar-refractivity contribution is 7.11. The monoisotopic (exact) mass is 645 g/mol. The van der Waals surface area contributed by atoms with Crippen LogP contribution >= 0.6 is 11.3 Å². The highest BCUT2D eigenvalue weighted by Gasteiger charge is 2.61. The average molecular weight is 646 g/mol. The van der Waals surface area contributed by atoms with Crippen LogP contribution in [0, 0.1) is 12.8 Å². The number of amides is 4. The van der Waals surface area contributed by atoms with Gasteiger partial charge in [0.15, 0.2) is 0 Å². The van der Waals surface area contributed by atoms with Crippen LogP contribution in [0.5, 0.6) is 0 Å². The molecule has 45 heavy (non-hydrogen) atoms. The smallest absolute Gasteiger partial charge is 0.410 e. The van der Waals surface area contributed by atoms with E-state index in [-0.39, 0.29) is 25.3 Å². The van der Waals surface area contributed by atoms with E-state index in [9.17, 15) is 29.1 Å². The number of rotatable bonds is 3. The van der Waals surface area contributed by atoms with Gasteiger partial charge in [0.1, 0.15) is 29.3 Å². The third-order valence-electron chi connectivity index (χ3n) is 8.68. The normalized spacial score (nSPS) is 29.6. The molecule has 1 aromatic heterocycles.